The third-order valence-corrected chi connectivity index (χ3v) is 2.74. The molecule has 0 spiro atoms. The van der Waals surface area contributed by atoms with Gasteiger partial charge in [0.15, 0.2) is 11.5 Å². The number of aliphatic hydroxyl groups is 1. The average molecular weight is 238 g/mol. The molecule has 0 aliphatic heterocycles. The van der Waals surface area contributed by atoms with Gasteiger partial charge in [-0.05, 0) is 18.4 Å². The van der Waals surface area contributed by atoms with Crippen LogP contribution in [0.5, 0.6) is 11.5 Å². The van der Waals surface area contributed by atoms with Gasteiger partial charge in [-0.1, -0.05) is 32.4 Å². The van der Waals surface area contributed by atoms with Gasteiger partial charge in [0.2, 0.25) is 0 Å². The van der Waals surface area contributed by atoms with E-state index < -0.39 is 0 Å². The molecule has 0 saturated heterocycles. The fourth-order valence-electron chi connectivity index (χ4n) is 1.81. The van der Waals surface area contributed by atoms with Crippen LogP contribution in [0, 0.1) is 5.92 Å². The molecule has 1 unspecified atom stereocenters. The van der Waals surface area contributed by atoms with Gasteiger partial charge in [-0.25, -0.2) is 0 Å². The Morgan fingerprint density at radius 1 is 1.35 bits per heavy atom. The summed E-state index contributed by atoms with van der Waals surface area (Å²) >= 11 is 0. The molecule has 1 aromatic rings. The Kier molecular flexibility index (Phi) is 5.84. The van der Waals surface area contributed by atoms with Crippen LogP contribution in [0.25, 0.3) is 0 Å². The number of benzene rings is 1. The SMILES string of the molecule is CCCC(C)COc1c(CO)cccc1OC. The van der Waals surface area contributed by atoms with Gasteiger partial charge >= 0.3 is 0 Å². The smallest absolute Gasteiger partial charge is 0.166 e. The van der Waals surface area contributed by atoms with E-state index in [4.69, 9.17) is 9.47 Å². The Morgan fingerprint density at radius 2 is 2.12 bits per heavy atom. The van der Waals surface area contributed by atoms with Crippen molar-refractivity contribution < 1.29 is 14.6 Å². The van der Waals surface area contributed by atoms with Gasteiger partial charge in [0, 0.05) is 5.56 Å². The number of hydrogen-bond acceptors (Lipinski definition) is 3. The van der Waals surface area contributed by atoms with Gasteiger partial charge in [0.25, 0.3) is 0 Å². The molecule has 96 valence electrons. The highest BCUT2D eigenvalue weighted by Gasteiger charge is 2.11. The molecule has 3 heteroatoms. The molecule has 1 aromatic carbocycles. The van der Waals surface area contributed by atoms with E-state index in [1.807, 2.05) is 18.2 Å². The second-order valence-corrected chi connectivity index (χ2v) is 4.31. The summed E-state index contributed by atoms with van der Waals surface area (Å²) in [6, 6.07) is 5.55. The Morgan fingerprint density at radius 3 is 2.71 bits per heavy atom. The number of ether oxygens (including phenoxy) is 2. The zero-order valence-corrected chi connectivity index (χ0v) is 10.9. The predicted molar refractivity (Wildman–Crippen MR) is 68.5 cm³/mol. The van der Waals surface area contributed by atoms with Crippen LogP contribution >= 0.6 is 0 Å². The van der Waals surface area contributed by atoms with Crippen molar-refractivity contribution in [2.24, 2.45) is 5.92 Å². The Balaban J connectivity index is 2.74. The van der Waals surface area contributed by atoms with Crippen molar-refractivity contribution in [1.29, 1.82) is 0 Å². The first-order valence-electron chi connectivity index (χ1n) is 6.12. The largest absolute Gasteiger partial charge is 0.493 e. The highest BCUT2D eigenvalue weighted by atomic mass is 16.5. The van der Waals surface area contributed by atoms with Crippen LogP contribution in [0.3, 0.4) is 0 Å². The summed E-state index contributed by atoms with van der Waals surface area (Å²) in [5, 5.41) is 9.27. The molecule has 0 aliphatic carbocycles. The summed E-state index contributed by atoms with van der Waals surface area (Å²) in [5.41, 5.74) is 0.771. The number of rotatable bonds is 7. The molecule has 1 atom stereocenters. The van der Waals surface area contributed by atoms with Crippen molar-refractivity contribution in [1.82, 2.24) is 0 Å². The van der Waals surface area contributed by atoms with Crippen molar-refractivity contribution >= 4 is 0 Å². The molecule has 0 fully saturated rings. The van der Waals surface area contributed by atoms with Gasteiger partial charge in [-0.15, -0.1) is 0 Å². The second kappa shape index (κ2) is 7.17. The Hall–Kier alpha value is -1.22. The van der Waals surface area contributed by atoms with E-state index in [9.17, 15) is 5.11 Å². The van der Waals surface area contributed by atoms with Gasteiger partial charge in [-0.2, -0.15) is 0 Å². The Labute approximate surface area is 103 Å². The molecule has 0 bridgehead atoms. The minimum absolute atomic E-state index is 0.0330. The van der Waals surface area contributed by atoms with Crippen LogP contribution in [-0.2, 0) is 6.61 Å². The van der Waals surface area contributed by atoms with E-state index in [0.29, 0.717) is 24.0 Å². The molecule has 17 heavy (non-hydrogen) atoms. The van der Waals surface area contributed by atoms with Crippen LogP contribution in [0.4, 0.5) is 0 Å². The molecule has 0 aliphatic rings. The molecule has 1 N–H and O–H groups in total. The van der Waals surface area contributed by atoms with Gasteiger partial charge in [0.05, 0.1) is 20.3 Å². The molecule has 0 amide bonds. The van der Waals surface area contributed by atoms with Crippen LogP contribution in [-0.4, -0.2) is 18.8 Å². The topological polar surface area (TPSA) is 38.7 Å². The summed E-state index contributed by atoms with van der Waals surface area (Å²) < 4.78 is 11.0. The number of aliphatic hydroxyl groups excluding tert-OH is 1. The maximum atomic E-state index is 9.27. The van der Waals surface area contributed by atoms with E-state index in [2.05, 4.69) is 13.8 Å². The van der Waals surface area contributed by atoms with E-state index in [0.717, 1.165) is 18.4 Å². The number of para-hydroxylation sites is 1. The van der Waals surface area contributed by atoms with Crippen molar-refractivity contribution in [3.63, 3.8) is 0 Å². The van der Waals surface area contributed by atoms with Crippen molar-refractivity contribution in [2.45, 2.75) is 33.3 Å². The van der Waals surface area contributed by atoms with Gasteiger partial charge in [-0.3, -0.25) is 0 Å². The monoisotopic (exact) mass is 238 g/mol. The predicted octanol–water partition coefficient (Wildman–Crippen LogP) is 3.00. The molecule has 0 aromatic heterocycles. The molecule has 0 saturated carbocycles. The van der Waals surface area contributed by atoms with Crippen LogP contribution in [0.1, 0.15) is 32.3 Å². The summed E-state index contributed by atoms with van der Waals surface area (Å²) in [6.45, 7) is 4.95. The third-order valence-electron chi connectivity index (χ3n) is 2.74. The van der Waals surface area contributed by atoms with Crippen LogP contribution in [0.2, 0.25) is 0 Å². The first-order valence-corrected chi connectivity index (χ1v) is 6.12. The summed E-state index contributed by atoms with van der Waals surface area (Å²) in [6.07, 6.45) is 2.30. The zero-order chi connectivity index (χ0) is 12.7. The summed E-state index contributed by atoms with van der Waals surface area (Å²) in [5.74, 6) is 1.86. The zero-order valence-electron chi connectivity index (χ0n) is 10.9. The highest BCUT2D eigenvalue weighted by molar-refractivity contribution is 5.46. The molecular weight excluding hydrogens is 216 g/mol. The van der Waals surface area contributed by atoms with E-state index in [-0.39, 0.29) is 6.61 Å². The molecule has 1 rings (SSSR count). The molecule has 3 nitrogen and oxygen atoms in total. The first kappa shape index (κ1) is 13.8. The standard InChI is InChI=1S/C14H22O3/c1-4-6-11(2)10-17-14-12(9-15)7-5-8-13(14)16-3/h5,7-8,11,15H,4,6,9-10H2,1-3H3. The van der Waals surface area contributed by atoms with Gasteiger partial charge in [0.1, 0.15) is 0 Å². The Bertz CT molecular complexity index is 314. The average Bonchev–Trinajstić information content (AvgIpc) is 2.36. The van der Waals surface area contributed by atoms with E-state index in [1.165, 1.54) is 0 Å². The van der Waals surface area contributed by atoms with Crippen LogP contribution < -0.4 is 9.47 Å². The third kappa shape index (κ3) is 3.93. The highest BCUT2D eigenvalue weighted by Crippen LogP contribution is 2.31. The quantitative estimate of drug-likeness (QED) is 0.793. The van der Waals surface area contributed by atoms with Crippen molar-refractivity contribution in [3.05, 3.63) is 23.8 Å². The lowest BCUT2D eigenvalue weighted by molar-refractivity contribution is 0.225. The van der Waals surface area contributed by atoms with Crippen molar-refractivity contribution in [2.75, 3.05) is 13.7 Å². The normalized spacial score (nSPS) is 12.2. The molecule has 0 radical (unpaired) electrons. The fourth-order valence-corrected chi connectivity index (χ4v) is 1.81. The second-order valence-electron chi connectivity index (χ2n) is 4.31. The molecule has 0 heterocycles. The number of methoxy groups -OCH3 is 1. The lowest BCUT2D eigenvalue weighted by Crippen LogP contribution is -2.10. The van der Waals surface area contributed by atoms with Gasteiger partial charge < -0.3 is 14.6 Å². The van der Waals surface area contributed by atoms with E-state index in [1.54, 1.807) is 7.11 Å². The van der Waals surface area contributed by atoms with Crippen LogP contribution in [0.15, 0.2) is 18.2 Å². The minimum Gasteiger partial charge on any atom is -0.493 e. The lowest BCUT2D eigenvalue weighted by Gasteiger charge is -2.16. The minimum atomic E-state index is -0.0330. The van der Waals surface area contributed by atoms with E-state index >= 15 is 0 Å². The lowest BCUT2D eigenvalue weighted by atomic mass is 10.1. The molecular formula is C14H22O3. The first-order chi connectivity index (χ1) is 8.22. The van der Waals surface area contributed by atoms with Crippen molar-refractivity contribution in [3.8, 4) is 11.5 Å². The number of hydrogen-bond donors (Lipinski definition) is 1. The summed E-state index contributed by atoms with van der Waals surface area (Å²) in [4.78, 5) is 0. The summed E-state index contributed by atoms with van der Waals surface area (Å²) in [7, 11) is 1.61. The maximum absolute atomic E-state index is 9.27. The fraction of sp³-hybridized carbons (Fsp3) is 0.571. The maximum Gasteiger partial charge on any atom is 0.166 e.